The summed E-state index contributed by atoms with van der Waals surface area (Å²) in [5.41, 5.74) is 20.5. The Hall–Kier alpha value is -7.22. The van der Waals surface area contributed by atoms with Gasteiger partial charge in [0.2, 0.25) is 0 Å². The van der Waals surface area contributed by atoms with Crippen molar-refractivity contribution in [2.75, 3.05) is 4.90 Å². The summed E-state index contributed by atoms with van der Waals surface area (Å²) in [7, 11) is 0. The van der Waals surface area contributed by atoms with Crippen LogP contribution < -0.4 is 4.90 Å². The summed E-state index contributed by atoms with van der Waals surface area (Å²) < 4.78 is 0. The summed E-state index contributed by atoms with van der Waals surface area (Å²) in [6.45, 7) is 0. The van der Waals surface area contributed by atoms with Crippen molar-refractivity contribution in [3.63, 3.8) is 0 Å². The minimum atomic E-state index is 1.10. The van der Waals surface area contributed by atoms with E-state index in [4.69, 9.17) is 0 Å². The minimum absolute atomic E-state index is 1.10. The maximum absolute atomic E-state index is 2.39. The van der Waals surface area contributed by atoms with Crippen LogP contribution in [0.15, 0.2) is 224 Å². The third-order valence-corrected chi connectivity index (χ3v) is 10.9. The molecule has 1 aliphatic carbocycles. The van der Waals surface area contributed by atoms with Crippen LogP contribution in [0, 0.1) is 0 Å². The van der Waals surface area contributed by atoms with Crippen molar-refractivity contribution in [1.29, 1.82) is 0 Å². The number of nitrogens with zero attached hydrogens (tertiary/aromatic N) is 1. The van der Waals surface area contributed by atoms with Gasteiger partial charge in [-0.1, -0.05) is 188 Å². The van der Waals surface area contributed by atoms with E-state index in [1.165, 1.54) is 77.9 Å². The zero-order chi connectivity index (χ0) is 36.6. The number of fused-ring (bicyclic) bond motifs is 8. The molecular formula is C54H37N. The molecule has 0 fully saturated rings. The van der Waals surface area contributed by atoms with Gasteiger partial charge in [-0.25, -0.2) is 0 Å². The molecule has 55 heavy (non-hydrogen) atoms. The number of hydrogen-bond donors (Lipinski definition) is 0. The molecule has 0 saturated heterocycles. The summed E-state index contributed by atoms with van der Waals surface area (Å²) >= 11 is 0. The molecule has 0 bridgehead atoms. The van der Waals surface area contributed by atoms with Crippen LogP contribution >= 0.6 is 0 Å². The average Bonchev–Trinajstić information content (AvgIpc) is 3.27. The lowest BCUT2D eigenvalue weighted by Gasteiger charge is -2.28. The van der Waals surface area contributed by atoms with Crippen LogP contribution in [0.2, 0.25) is 0 Å². The molecule has 258 valence electrons. The Kier molecular flexibility index (Phi) is 8.24. The molecule has 1 aliphatic rings. The molecule has 0 spiro atoms. The van der Waals surface area contributed by atoms with Crippen molar-refractivity contribution >= 4 is 17.1 Å². The molecule has 0 radical (unpaired) electrons. The molecule has 0 unspecified atom stereocenters. The van der Waals surface area contributed by atoms with Gasteiger partial charge in [-0.15, -0.1) is 0 Å². The largest absolute Gasteiger partial charge is 0.310 e. The molecule has 1 nitrogen and oxygen atoms in total. The van der Waals surface area contributed by atoms with E-state index in [2.05, 4.69) is 229 Å². The summed E-state index contributed by atoms with van der Waals surface area (Å²) in [6, 6.07) is 81.5. The van der Waals surface area contributed by atoms with Crippen LogP contribution in [0.4, 0.5) is 17.1 Å². The third kappa shape index (κ3) is 6.02. The predicted molar refractivity (Wildman–Crippen MR) is 233 cm³/mol. The van der Waals surface area contributed by atoms with Gasteiger partial charge in [0, 0.05) is 17.1 Å². The maximum atomic E-state index is 2.39. The second-order valence-electron chi connectivity index (χ2n) is 14.1. The van der Waals surface area contributed by atoms with Crippen LogP contribution in [0.5, 0.6) is 0 Å². The number of rotatable bonds is 6. The topological polar surface area (TPSA) is 3.24 Å². The van der Waals surface area contributed by atoms with E-state index in [1.807, 2.05) is 0 Å². The fraction of sp³-hybridized carbons (Fsp3) is 0. The van der Waals surface area contributed by atoms with Gasteiger partial charge in [-0.05, 0) is 114 Å². The van der Waals surface area contributed by atoms with Crippen LogP contribution in [-0.4, -0.2) is 0 Å². The van der Waals surface area contributed by atoms with E-state index in [1.54, 1.807) is 0 Å². The van der Waals surface area contributed by atoms with Crippen molar-refractivity contribution in [1.82, 2.24) is 0 Å². The second kappa shape index (κ2) is 14.0. The molecule has 0 aliphatic heterocycles. The summed E-state index contributed by atoms with van der Waals surface area (Å²) in [5, 5.41) is 0. The smallest absolute Gasteiger partial charge is 0.0468 e. The van der Waals surface area contributed by atoms with Crippen molar-refractivity contribution in [2.24, 2.45) is 0 Å². The normalized spacial score (nSPS) is 11.3. The standard InChI is InChI=1S/C54H37N/c1-3-13-38(14-4-1)40-23-25-41(26-24-40)43-29-33-45(34-30-43)55(44-31-27-42(28-32-44)39-15-5-2-6-16-39)46-35-36-53-51-21-10-9-19-49(51)47-17-7-8-18-48(47)50-20-11-12-22-52(50)54(53)37-46/h1-37H. The van der Waals surface area contributed by atoms with E-state index < -0.39 is 0 Å². The van der Waals surface area contributed by atoms with E-state index in [0.29, 0.717) is 0 Å². The maximum Gasteiger partial charge on any atom is 0.0468 e. The fourth-order valence-electron chi connectivity index (χ4n) is 8.16. The highest BCUT2D eigenvalue weighted by Crippen LogP contribution is 2.49. The summed E-state index contributed by atoms with van der Waals surface area (Å²) in [4.78, 5) is 2.39. The third-order valence-electron chi connectivity index (χ3n) is 10.9. The van der Waals surface area contributed by atoms with Crippen LogP contribution in [0.25, 0.3) is 77.9 Å². The van der Waals surface area contributed by atoms with Crippen molar-refractivity contribution in [2.45, 2.75) is 0 Å². The Morgan fingerprint density at radius 3 is 0.800 bits per heavy atom. The summed E-state index contributed by atoms with van der Waals surface area (Å²) in [6.07, 6.45) is 0. The van der Waals surface area contributed by atoms with Crippen molar-refractivity contribution in [3.05, 3.63) is 224 Å². The minimum Gasteiger partial charge on any atom is -0.310 e. The van der Waals surface area contributed by atoms with Gasteiger partial charge in [0.1, 0.15) is 0 Å². The quantitative estimate of drug-likeness (QED) is 0.167. The lowest BCUT2D eigenvalue weighted by molar-refractivity contribution is 1.28. The van der Waals surface area contributed by atoms with Gasteiger partial charge < -0.3 is 4.90 Å². The van der Waals surface area contributed by atoms with E-state index in [0.717, 1.165) is 17.1 Å². The highest BCUT2D eigenvalue weighted by Gasteiger charge is 2.23. The van der Waals surface area contributed by atoms with E-state index >= 15 is 0 Å². The number of hydrogen-bond acceptors (Lipinski definition) is 1. The van der Waals surface area contributed by atoms with Gasteiger partial charge in [0.15, 0.2) is 0 Å². The Balaban J connectivity index is 1.11. The van der Waals surface area contributed by atoms with Crippen LogP contribution in [0.3, 0.4) is 0 Å². The van der Waals surface area contributed by atoms with Crippen molar-refractivity contribution < 1.29 is 0 Å². The molecule has 0 N–H and O–H groups in total. The van der Waals surface area contributed by atoms with Gasteiger partial charge in [0.05, 0.1) is 0 Å². The molecule has 0 aromatic heterocycles. The molecule has 0 atom stereocenters. The monoisotopic (exact) mass is 699 g/mol. The first-order valence-electron chi connectivity index (χ1n) is 18.9. The van der Waals surface area contributed by atoms with Gasteiger partial charge in [0.25, 0.3) is 0 Å². The molecule has 0 saturated carbocycles. The van der Waals surface area contributed by atoms with Gasteiger partial charge >= 0.3 is 0 Å². The number of anilines is 3. The Morgan fingerprint density at radius 2 is 0.436 bits per heavy atom. The fourth-order valence-corrected chi connectivity index (χ4v) is 8.16. The SMILES string of the molecule is c1ccc(-c2ccc(-c3ccc(N(c4ccc(-c5ccccc5)cc4)c4ccc5c(c4)-c4ccccc4-c4ccccc4-c4ccccc4-5)cc3)cc2)cc1. The van der Waals surface area contributed by atoms with Gasteiger partial charge in [-0.3, -0.25) is 0 Å². The van der Waals surface area contributed by atoms with Gasteiger partial charge in [-0.2, -0.15) is 0 Å². The molecule has 9 aromatic rings. The molecular weight excluding hydrogens is 663 g/mol. The predicted octanol–water partition coefficient (Wildman–Crippen LogP) is 15.1. The number of benzene rings is 9. The van der Waals surface area contributed by atoms with E-state index in [9.17, 15) is 0 Å². The average molecular weight is 700 g/mol. The highest BCUT2D eigenvalue weighted by molar-refractivity contribution is 6.04. The van der Waals surface area contributed by atoms with Crippen LogP contribution in [0.1, 0.15) is 0 Å². The summed E-state index contributed by atoms with van der Waals surface area (Å²) in [5.74, 6) is 0. The molecule has 10 rings (SSSR count). The Bertz CT molecular complexity index is 2760. The van der Waals surface area contributed by atoms with E-state index in [-0.39, 0.29) is 0 Å². The second-order valence-corrected chi connectivity index (χ2v) is 14.1. The first-order chi connectivity index (χ1) is 27.3. The lowest BCUT2D eigenvalue weighted by atomic mass is 9.81. The first kappa shape index (κ1) is 32.4. The Labute approximate surface area is 323 Å². The molecule has 0 amide bonds. The molecule has 1 heteroatoms. The Morgan fingerprint density at radius 1 is 0.182 bits per heavy atom. The van der Waals surface area contributed by atoms with Crippen LogP contribution in [-0.2, 0) is 0 Å². The zero-order valence-electron chi connectivity index (χ0n) is 30.3. The highest BCUT2D eigenvalue weighted by atomic mass is 15.1. The zero-order valence-corrected chi connectivity index (χ0v) is 30.3. The van der Waals surface area contributed by atoms with Crippen molar-refractivity contribution in [3.8, 4) is 77.9 Å². The first-order valence-corrected chi connectivity index (χ1v) is 18.9. The lowest BCUT2D eigenvalue weighted by Crippen LogP contribution is -2.10. The molecule has 9 aromatic carbocycles. The molecule has 0 heterocycles.